The second-order valence-corrected chi connectivity index (χ2v) is 8.64. The Morgan fingerprint density at radius 3 is 2.85 bits per heavy atom. The first kappa shape index (κ1) is 21.6. The molecule has 0 fully saturated rings. The Morgan fingerprint density at radius 2 is 1.97 bits per heavy atom. The molecule has 4 aromatic rings. The van der Waals surface area contributed by atoms with Crippen LogP contribution in [0, 0.1) is 0 Å². The van der Waals surface area contributed by atoms with E-state index in [4.69, 9.17) is 32.4 Å². The van der Waals surface area contributed by atoms with E-state index < -0.39 is 5.91 Å². The standard InChI is InChI=1S/C24H20Cl2N4O3/c25-18-6-4-17(21(26)11-18)12-30-14-27-24(29-30)28-23(31)22-9-8-20(33-22)13-32-19-7-5-15-2-1-3-16(15)10-19/h4-11,14H,1-3,12-13H2,(H,28,29,31). The van der Waals surface area contributed by atoms with E-state index in [0.717, 1.165) is 24.2 Å². The fraction of sp³-hybridized carbons (Fsp3) is 0.208. The second kappa shape index (κ2) is 9.29. The Hall–Kier alpha value is -3.29. The van der Waals surface area contributed by atoms with Gasteiger partial charge in [-0.05, 0) is 72.4 Å². The SMILES string of the molecule is O=C(Nc1ncn(Cc2ccc(Cl)cc2Cl)n1)c1ccc(COc2ccc3c(c2)CCC3)o1. The Morgan fingerprint density at radius 1 is 1.09 bits per heavy atom. The smallest absolute Gasteiger partial charge is 0.293 e. The number of aryl methyl sites for hydroxylation is 2. The van der Waals surface area contributed by atoms with Crippen LogP contribution in [0.4, 0.5) is 5.95 Å². The monoisotopic (exact) mass is 482 g/mol. The molecule has 7 nitrogen and oxygen atoms in total. The summed E-state index contributed by atoms with van der Waals surface area (Å²) in [4.78, 5) is 16.6. The van der Waals surface area contributed by atoms with Crippen LogP contribution in [0.15, 0.2) is 59.3 Å². The van der Waals surface area contributed by atoms with Gasteiger partial charge in [0.05, 0.1) is 6.54 Å². The molecule has 5 rings (SSSR count). The van der Waals surface area contributed by atoms with Gasteiger partial charge in [0.2, 0.25) is 5.95 Å². The van der Waals surface area contributed by atoms with E-state index in [9.17, 15) is 4.79 Å². The molecule has 0 atom stereocenters. The summed E-state index contributed by atoms with van der Waals surface area (Å²) in [6.45, 7) is 0.630. The molecule has 0 unspecified atom stereocenters. The Labute approximate surface area is 200 Å². The van der Waals surface area contributed by atoms with Gasteiger partial charge in [-0.25, -0.2) is 9.67 Å². The molecule has 2 heterocycles. The minimum atomic E-state index is -0.443. The number of rotatable bonds is 7. The fourth-order valence-electron chi connectivity index (χ4n) is 3.79. The summed E-state index contributed by atoms with van der Waals surface area (Å²) in [7, 11) is 0. The number of aromatic nitrogens is 3. The van der Waals surface area contributed by atoms with E-state index in [1.807, 2.05) is 12.1 Å². The van der Waals surface area contributed by atoms with E-state index in [1.54, 1.807) is 28.9 Å². The van der Waals surface area contributed by atoms with Crippen LogP contribution >= 0.6 is 23.2 Å². The average molecular weight is 483 g/mol. The third-order valence-electron chi connectivity index (χ3n) is 5.45. The van der Waals surface area contributed by atoms with Crippen molar-refractivity contribution in [2.45, 2.75) is 32.4 Å². The number of ether oxygens (including phenoxy) is 1. The maximum Gasteiger partial charge on any atom is 0.293 e. The van der Waals surface area contributed by atoms with Gasteiger partial charge in [-0.15, -0.1) is 5.10 Å². The molecule has 9 heteroatoms. The third-order valence-corrected chi connectivity index (χ3v) is 6.03. The van der Waals surface area contributed by atoms with E-state index >= 15 is 0 Å². The lowest BCUT2D eigenvalue weighted by molar-refractivity contribution is 0.0991. The Kier molecular flexibility index (Phi) is 6.07. The Bertz CT molecular complexity index is 1310. The number of carbonyl (C=O) groups is 1. The van der Waals surface area contributed by atoms with Crippen LogP contribution in [0.5, 0.6) is 5.75 Å². The lowest BCUT2D eigenvalue weighted by atomic mass is 10.1. The maximum atomic E-state index is 12.5. The van der Waals surface area contributed by atoms with Crippen molar-refractivity contribution in [3.05, 3.63) is 93.1 Å². The van der Waals surface area contributed by atoms with Crippen LogP contribution in [0.25, 0.3) is 0 Å². The molecule has 2 aromatic carbocycles. The first-order valence-corrected chi connectivity index (χ1v) is 11.3. The number of halogens is 2. The van der Waals surface area contributed by atoms with Crippen LogP contribution < -0.4 is 10.1 Å². The summed E-state index contributed by atoms with van der Waals surface area (Å²) >= 11 is 12.1. The minimum Gasteiger partial charge on any atom is -0.486 e. The van der Waals surface area contributed by atoms with Crippen LogP contribution in [-0.2, 0) is 26.0 Å². The molecule has 0 bridgehead atoms. The summed E-state index contributed by atoms with van der Waals surface area (Å²) in [5.41, 5.74) is 3.58. The summed E-state index contributed by atoms with van der Waals surface area (Å²) in [6.07, 6.45) is 4.93. The molecule has 2 aromatic heterocycles. The number of hydrogen-bond acceptors (Lipinski definition) is 5. The van der Waals surface area contributed by atoms with E-state index in [-0.39, 0.29) is 18.3 Å². The molecule has 1 N–H and O–H groups in total. The number of benzene rings is 2. The van der Waals surface area contributed by atoms with Crippen molar-refractivity contribution in [1.82, 2.24) is 14.8 Å². The van der Waals surface area contributed by atoms with E-state index in [1.165, 1.54) is 23.9 Å². The second-order valence-electron chi connectivity index (χ2n) is 7.79. The molecule has 0 saturated carbocycles. The number of fused-ring (bicyclic) bond motifs is 1. The molecule has 0 aliphatic heterocycles. The molecule has 0 saturated heterocycles. The van der Waals surface area contributed by atoms with Crippen molar-refractivity contribution in [2.24, 2.45) is 0 Å². The van der Waals surface area contributed by atoms with Crippen LogP contribution in [-0.4, -0.2) is 20.7 Å². The number of furan rings is 1. The van der Waals surface area contributed by atoms with Crippen LogP contribution in [0.3, 0.4) is 0 Å². The predicted molar refractivity (Wildman–Crippen MR) is 125 cm³/mol. The van der Waals surface area contributed by atoms with E-state index in [0.29, 0.717) is 22.4 Å². The highest BCUT2D eigenvalue weighted by Crippen LogP contribution is 2.26. The molecule has 0 spiro atoms. The van der Waals surface area contributed by atoms with Crippen molar-refractivity contribution in [3.8, 4) is 5.75 Å². The largest absolute Gasteiger partial charge is 0.486 e. The highest BCUT2D eigenvalue weighted by Gasteiger charge is 2.15. The number of nitrogens with one attached hydrogen (secondary N) is 1. The first-order valence-electron chi connectivity index (χ1n) is 10.5. The van der Waals surface area contributed by atoms with Gasteiger partial charge in [-0.2, -0.15) is 0 Å². The van der Waals surface area contributed by atoms with Gasteiger partial charge in [-0.1, -0.05) is 35.3 Å². The van der Waals surface area contributed by atoms with Crippen molar-refractivity contribution in [1.29, 1.82) is 0 Å². The van der Waals surface area contributed by atoms with Crippen molar-refractivity contribution >= 4 is 35.1 Å². The summed E-state index contributed by atoms with van der Waals surface area (Å²) in [6, 6.07) is 14.7. The topological polar surface area (TPSA) is 82.2 Å². The highest BCUT2D eigenvalue weighted by molar-refractivity contribution is 6.35. The summed E-state index contributed by atoms with van der Waals surface area (Å²) < 4.78 is 13.0. The van der Waals surface area contributed by atoms with Crippen molar-refractivity contribution in [3.63, 3.8) is 0 Å². The van der Waals surface area contributed by atoms with Gasteiger partial charge >= 0.3 is 0 Å². The first-order chi connectivity index (χ1) is 16.0. The minimum absolute atomic E-state index is 0.152. The van der Waals surface area contributed by atoms with Gasteiger partial charge in [0, 0.05) is 10.0 Å². The van der Waals surface area contributed by atoms with Crippen molar-refractivity contribution in [2.75, 3.05) is 5.32 Å². The zero-order valence-corrected chi connectivity index (χ0v) is 19.1. The molecule has 0 radical (unpaired) electrons. The maximum absolute atomic E-state index is 12.5. The zero-order valence-electron chi connectivity index (χ0n) is 17.6. The molecule has 1 amide bonds. The van der Waals surface area contributed by atoms with Crippen molar-refractivity contribution < 1.29 is 13.9 Å². The number of nitrogens with zero attached hydrogens (tertiary/aromatic N) is 3. The molecule has 33 heavy (non-hydrogen) atoms. The number of carbonyl (C=O) groups excluding carboxylic acids is 1. The van der Waals surface area contributed by atoms with Gasteiger partial charge in [0.15, 0.2) is 5.76 Å². The van der Waals surface area contributed by atoms with Crippen LogP contribution in [0.2, 0.25) is 10.0 Å². The number of anilines is 1. The van der Waals surface area contributed by atoms with Crippen LogP contribution in [0.1, 0.15) is 39.4 Å². The average Bonchev–Trinajstić information content (AvgIpc) is 3.55. The zero-order chi connectivity index (χ0) is 22.8. The normalized spacial score (nSPS) is 12.5. The molecule has 1 aliphatic rings. The molecular formula is C24H20Cl2N4O3. The predicted octanol–water partition coefficient (Wildman–Crippen LogP) is 5.55. The molecule has 1 aliphatic carbocycles. The molecular weight excluding hydrogens is 463 g/mol. The quantitative estimate of drug-likeness (QED) is 0.373. The number of amides is 1. The van der Waals surface area contributed by atoms with Gasteiger partial charge in [0.1, 0.15) is 24.4 Å². The van der Waals surface area contributed by atoms with E-state index in [2.05, 4.69) is 27.5 Å². The number of hydrogen-bond donors (Lipinski definition) is 1. The molecule has 168 valence electrons. The summed E-state index contributed by atoms with van der Waals surface area (Å²) in [5, 5.41) is 7.99. The van der Waals surface area contributed by atoms with Gasteiger partial charge in [0.25, 0.3) is 5.91 Å². The lowest BCUT2D eigenvalue weighted by Crippen LogP contribution is -2.12. The third kappa shape index (κ3) is 5.05. The van der Waals surface area contributed by atoms with Gasteiger partial charge < -0.3 is 9.15 Å². The fourth-order valence-corrected chi connectivity index (χ4v) is 4.25. The Balaban J connectivity index is 1.17. The van der Waals surface area contributed by atoms with Gasteiger partial charge in [-0.3, -0.25) is 10.1 Å². The lowest BCUT2D eigenvalue weighted by Gasteiger charge is -2.06. The summed E-state index contributed by atoms with van der Waals surface area (Å²) in [5.74, 6) is 1.23. The highest BCUT2D eigenvalue weighted by atomic mass is 35.5.